The lowest BCUT2D eigenvalue weighted by atomic mass is 9.92. The molecule has 0 unspecified atom stereocenters. The van der Waals surface area contributed by atoms with E-state index in [1.54, 1.807) is 13.8 Å². The normalized spacial score (nSPS) is 21.2. The summed E-state index contributed by atoms with van der Waals surface area (Å²) in [6, 6.07) is 3.32. The fraction of sp³-hybridized carbons (Fsp3) is 0.529. The number of aliphatic carboxylic acids is 1. The monoisotopic (exact) mass is 385 g/mol. The topological polar surface area (TPSA) is 110 Å². The van der Waals surface area contributed by atoms with E-state index < -0.39 is 33.9 Å². The number of sulfonamides is 1. The van der Waals surface area contributed by atoms with Crippen molar-refractivity contribution in [3.05, 3.63) is 23.8 Å². The molecule has 26 heavy (non-hydrogen) atoms. The summed E-state index contributed by atoms with van der Waals surface area (Å²) in [7, 11) is -2.72. The average Bonchev–Trinajstić information content (AvgIpc) is 2.61. The molecule has 1 fully saturated rings. The summed E-state index contributed by atoms with van der Waals surface area (Å²) >= 11 is 0. The summed E-state index contributed by atoms with van der Waals surface area (Å²) in [5.74, 6) is -2.35. The van der Waals surface area contributed by atoms with Crippen molar-refractivity contribution in [3.8, 4) is 5.75 Å². The number of ether oxygens (including phenoxy) is 2. The first kappa shape index (κ1) is 20.2. The van der Waals surface area contributed by atoms with Gasteiger partial charge in [-0.15, -0.1) is 0 Å². The Labute approximate surface area is 152 Å². The molecule has 0 radical (unpaired) electrons. The Morgan fingerprint density at radius 3 is 2.62 bits per heavy atom. The quantitative estimate of drug-likeness (QED) is 0.743. The minimum atomic E-state index is -4.05. The van der Waals surface area contributed by atoms with Crippen molar-refractivity contribution in [3.63, 3.8) is 0 Å². The molecule has 1 aliphatic rings. The molecule has 0 bridgehead atoms. The number of carboxylic acid groups (broad SMARTS) is 1. The SMILES string of the molecule is CCOC(=O)c1ccc(OC)c(S(=O)(=O)N2CCC[C@H](C(=O)O)[C@@H]2C)c1. The Morgan fingerprint density at radius 2 is 2.04 bits per heavy atom. The van der Waals surface area contributed by atoms with Crippen LogP contribution >= 0.6 is 0 Å². The van der Waals surface area contributed by atoms with Crippen molar-refractivity contribution in [1.29, 1.82) is 0 Å². The van der Waals surface area contributed by atoms with Gasteiger partial charge in [-0.25, -0.2) is 13.2 Å². The van der Waals surface area contributed by atoms with Gasteiger partial charge in [0.1, 0.15) is 10.6 Å². The molecule has 0 saturated carbocycles. The summed E-state index contributed by atoms with van der Waals surface area (Å²) in [4.78, 5) is 23.2. The van der Waals surface area contributed by atoms with Crippen LogP contribution in [0, 0.1) is 5.92 Å². The second-order valence-electron chi connectivity index (χ2n) is 6.03. The highest BCUT2D eigenvalue weighted by atomic mass is 32.2. The van der Waals surface area contributed by atoms with Gasteiger partial charge in [-0.05, 0) is 44.9 Å². The number of carbonyl (C=O) groups excluding carboxylic acids is 1. The number of hydrogen-bond acceptors (Lipinski definition) is 6. The summed E-state index contributed by atoms with van der Waals surface area (Å²) in [5.41, 5.74) is 0.0886. The molecule has 9 heteroatoms. The Bertz CT molecular complexity index is 790. The molecule has 0 aromatic heterocycles. The van der Waals surface area contributed by atoms with Crippen LogP contribution in [0.25, 0.3) is 0 Å². The number of benzene rings is 1. The first-order valence-corrected chi connectivity index (χ1v) is 9.77. The van der Waals surface area contributed by atoms with E-state index in [1.807, 2.05) is 0 Å². The highest BCUT2D eigenvalue weighted by Crippen LogP contribution is 2.33. The number of piperidine rings is 1. The van der Waals surface area contributed by atoms with Crippen molar-refractivity contribution in [2.24, 2.45) is 5.92 Å². The van der Waals surface area contributed by atoms with E-state index in [0.717, 1.165) is 0 Å². The van der Waals surface area contributed by atoms with E-state index in [0.29, 0.717) is 12.8 Å². The van der Waals surface area contributed by atoms with Crippen LogP contribution in [0.1, 0.15) is 37.0 Å². The van der Waals surface area contributed by atoms with Gasteiger partial charge in [0.25, 0.3) is 0 Å². The fourth-order valence-electron chi connectivity index (χ4n) is 3.13. The number of methoxy groups -OCH3 is 1. The van der Waals surface area contributed by atoms with E-state index in [-0.39, 0.29) is 29.4 Å². The van der Waals surface area contributed by atoms with Gasteiger partial charge in [-0.3, -0.25) is 4.79 Å². The van der Waals surface area contributed by atoms with Crippen LogP contribution in [0.5, 0.6) is 5.75 Å². The largest absolute Gasteiger partial charge is 0.495 e. The van der Waals surface area contributed by atoms with E-state index in [1.165, 1.54) is 29.6 Å². The average molecular weight is 385 g/mol. The van der Waals surface area contributed by atoms with Gasteiger partial charge in [0.15, 0.2) is 0 Å². The number of carboxylic acids is 1. The van der Waals surface area contributed by atoms with E-state index in [4.69, 9.17) is 9.47 Å². The number of hydrogen-bond donors (Lipinski definition) is 1. The third kappa shape index (κ3) is 3.83. The maximum Gasteiger partial charge on any atom is 0.338 e. The lowest BCUT2D eigenvalue weighted by molar-refractivity contribution is -0.144. The Kier molecular flexibility index (Phi) is 6.25. The van der Waals surface area contributed by atoms with Crippen molar-refractivity contribution in [2.75, 3.05) is 20.3 Å². The standard InChI is InChI=1S/C17H23NO7S/c1-4-25-17(21)12-7-8-14(24-3)15(10-12)26(22,23)18-9-5-6-13(11(18)2)16(19)20/h7-8,10-11,13H,4-6,9H2,1-3H3,(H,19,20)/t11-,13-/m0/s1. The number of carbonyl (C=O) groups is 2. The summed E-state index contributed by atoms with van der Waals surface area (Å²) in [5, 5.41) is 9.33. The smallest absolute Gasteiger partial charge is 0.338 e. The molecule has 1 aromatic rings. The maximum absolute atomic E-state index is 13.2. The molecule has 1 heterocycles. The van der Waals surface area contributed by atoms with Gasteiger partial charge < -0.3 is 14.6 Å². The molecule has 1 aliphatic heterocycles. The number of esters is 1. The highest BCUT2D eigenvalue weighted by molar-refractivity contribution is 7.89. The van der Waals surface area contributed by atoms with Crippen molar-refractivity contribution in [1.82, 2.24) is 4.31 Å². The molecular weight excluding hydrogens is 362 g/mol. The van der Waals surface area contributed by atoms with E-state index in [9.17, 15) is 23.1 Å². The Hall–Kier alpha value is -2.13. The zero-order valence-electron chi connectivity index (χ0n) is 15.0. The molecule has 0 amide bonds. The lowest BCUT2D eigenvalue weighted by Crippen LogP contribution is -2.49. The van der Waals surface area contributed by atoms with Crippen molar-refractivity contribution >= 4 is 22.0 Å². The molecule has 2 rings (SSSR count). The highest BCUT2D eigenvalue weighted by Gasteiger charge is 2.40. The fourth-order valence-corrected chi connectivity index (χ4v) is 5.02. The minimum Gasteiger partial charge on any atom is -0.495 e. The van der Waals surface area contributed by atoms with Crippen LogP contribution in [-0.2, 0) is 19.6 Å². The molecule has 8 nitrogen and oxygen atoms in total. The van der Waals surface area contributed by atoms with Gasteiger partial charge >= 0.3 is 11.9 Å². The predicted molar refractivity (Wildman–Crippen MR) is 92.7 cm³/mol. The first-order valence-electron chi connectivity index (χ1n) is 8.33. The van der Waals surface area contributed by atoms with Crippen LogP contribution in [0.4, 0.5) is 0 Å². The third-order valence-electron chi connectivity index (χ3n) is 4.51. The zero-order valence-corrected chi connectivity index (χ0v) is 15.8. The van der Waals surface area contributed by atoms with Crippen LogP contribution in [0.3, 0.4) is 0 Å². The molecule has 144 valence electrons. The summed E-state index contributed by atoms with van der Waals surface area (Å²) < 4.78 is 37.6. The zero-order chi connectivity index (χ0) is 19.5. The van der Waals surface area contributed by atoms with Crippen LogP contribution in [0.2, 0.25) is 0 Å². The van der Waals surface area contributed by atoms with Gasteiger partial charge in [-0.1, -0.05) is 0 Å². The van der Waals surface area contributed by atoms with Crippen LogP contribution < -0.4 is 4.74 Å². The number of nitrogens with zero attached hydrogens (tertiary/aromatic N) is 1. The van der Waals surface area contributed by atoms with Gasteiger partial charge in [0.05, 0.1) is 25.2 Å². The maximum atomic E-state index is 13.2. The summed E-state index contributed by atoms with van der Waals surface area (Å²) in [6.45, 7) is 3.61. The summed E-state index contributed by atoms with van der Waals surface area (Å²) in [6.07, 6.45) is 0.864. The third-order valence-corrected chi connectivity index (χ3v) is 6.52. The first-order chi connectivity index (χ1) is 12.2. The predicted octanol–water partition coefficient (Wildman–Crippen LogP) is 1.75. The molecule has 0 aliphatic carbocycles. The Morgan fingerprint density at radius 1 is 1.35 bits per heavy atom. The molecule has 1 N–H and O–H groups in total. The van der Waals surface area contributed by atoms with E-state index in [2.05, 4.69) is 0 Å². The van der Waals surface area contributed by atoms with Crippen molar-refractivity contribution < 1.29 is 32.6 Å². The molecular formula is C17H23NO7S. The molecule has 2 atom stereocenters. The molecule has 0 spiro atoms. The number of rotatable bonds is 6. The lowest BCUT2D eigenvalue weighted by Gasteiger charge is -2.36. The van der Waals surface area contributed by atoms with E-state index >= 15 is 0 Å². The van der Waals surface area contributed by atoms with Crippen LogP contribution in [-0.4, -0.2) is 56.1 Å². The Balaban J connectivity index is 2.48. The molecule has 1 saturated heterocycles. The van der Waals surface area contributed by atoms with Crippen LogP contribution in [0.15, 0.2) is 23.1 Å². The van der Waals surface area contributed by atoms with Gasteiger partial charge in [0, 0.05) is 12.6 Å². The van der Waals surface area contributed by atoms with Gasteiger partial charge in [0.2, 0.25) is 10.0 Å². The minimum absolute atomic E-state index is 0.0858. The second-order valence-corrected chi connectivity index (χ2v) is 7.89. The van der Waals surface area contributed by atoms with Crippen molar-refractivity contribution in [2.45, 2.75) is 37.6 Å². The molecule has 1 aromatic carbocycles. The second kappa shape index (κ2) is 8.05. The van der Waals surface area contributed by atoms with Gasteiger partial charge in [-0.2, -0.15) is 4.31 Å².